The third-order valence-electron chi connectivity index (χ3n) is 5.13. The molecule has 0 saturated heterocycles. The number of sulfonamides is 1. The molecule has 0 fully saturated rings. The van der Waals surface area contributed by atoms with Crippen molar-refractivity contribution >= 4 is 44.9 Å². The van der Waals surface area contributed by atoms with E-state index in [0.29, 0.717) is 35.9 Å². The van der Waals surface area contributed by atoms with Crippen LogP contribution in [0.2, 0.25) is 5.02 Å². The summed E-state index contributed by atoms with van der Waals surface area (Å²) in [6.07, 6.45) is 1.72. The predicted molar refractivity (Wildman–Crippen MR) is 146 cm³/mol. The number of ether oxygens (including phenoxy) is 3. The van der Waals surface area contributed by atoms with Crippen LogP contribution in [-0.2, 0) is 19.6 Å². The van der Waals surface area contributed by atoms with Crippen LogP contribution in [0.4, 0.5) is 11.4 Å². The molecule has 0 aliphatic heterocycles. The lowest BCUT2D eigenvalue weighted by atomic mass is 10.2. The molecule has 1 amide bonds. The lowest BCUT2D eigenvalue weighted by molar-refractivity contribution is -0.118. The van der Waals surface area contributed by atoms with Crippen LogP contribution in [-0.4, -0.2) is 40.1 Å². The van der Waals surface area contributed by atoms with Crippen molar-refractivity contribution in [2.75, 3.05) is 29.9 Å². The number of benzene rings is 3. The van der Waals surface area contributed by atoms with Crippen LogP contribution in [0.1, 0.15) is 37.0 Å². The van der Waals surface area contributed by atoms with Crippen LogP contribution in [0.15, 0.2) is 71.6 Å². The number of carbonyl (C=O) groups is 2. The molecule has 202 valence electrons. The minimum absolute atomic E-state index is 0.0262. The zero-order valence-corrected chi connectivity index (χ0v) is 22.6. The minimum atomic E-state index is -3.91. The van der Waals surface area contributed by atoms with E-state index in [0.717, 1.165) is 12.8 Å². The first-order valence-electron chi connectivity index (χ1n) is 12.0. The molecule has 0 aromatic heterocycles. The van der Waals surface area contributed by atoms with Crippen molar-refractivity contribution < 1.29 is 32.2 Å². The first kappa shape index (κ1) is 28.8. The predicted octanol–water partition coefficient (Wildman–Crippen LogP) is 5.51. The molecule has 0 saturated carbocycles. The maximum Gasteiger partial charge on any atom is 0.338 e. The van der Waals surface area contributed by atoms with E-state index in [1.54, 1.807) is 48.5 Å². The van der Waals surface area contributed by atoms with Crippen molar-refractivity contribution in [3.8, 4) is 11.5 Å². The number of nitrogens with one attached hydrogen (secondary N) is 2. The van der Waals surface area contributed by atoms with Crippen LogP contribution in [0, 0.1) is 0 Å². The Balaban J connectivity index is 1.54. The van der Waals surface area contributed by atoms with Gasteiger partial charge in [-0.25, -0.2) is 13.2 Å². The second-order valence-electron chi connectivity index (χ2n) is 8.06. The lowest BCUT2D eigenvalue weighted by Gasteiger charge is -2.12. The summed E-state index contributed by atoms with van der Waals surface area (Å²) < 4.78 is 43.9. The van der Waals surface area contributed by atoms with Gasteiger partial charge in [0.25, 0.3) is 15.9 Å². The van der Waals surface area contributed by atoms with Crippen LogP contribution in [0.25, 0.3) is 0 Å². The SMILES string of the molecule is CCCCOC(=O)c1ccc(NC(=O)COc2ccc(S(=O)(=O)Nc3ccc(OCC)cc3)cc2Cl)cc1. The fourth-order valence-electron chi connectivity index (χ4n) is 3.19. The van der Waals surface area contributed by atoms with Gasteiger partial charge < -0.3 is 19.5 Å². The molecule has 0 unspecified atom stereocenters. The highest BCUT2D eigenvalue weighted by Crippen LogP contribution is 2.28. The van der Waals surface area contributed by atoms with E-state index in [4.69, 9.17) is 25.8 Å². The molecule has 3 aromatic carbocycles. The molecule has 0 spiro atoms. The van der Waals surface area contributed by atoms with Crippen LogP contribution >= 0.6 is 11.6 Å². The fraction of sp³-hybridized carbons (Fsp3) is 0.259. The normalized spacial score (nSPS) is 10.9. The Labute approximate surface area is 227 Å². The van der Waals surface area contributed by atoms with E-state index in [2.05, 4.69) is 10.0 Å². The molecular weight excluding hydrogens is 532 g/mol. The van der Waals surface area contributed by atoms with Gasteiger partial charge in [-0.3, -0.25) is 9.52 Å². The topological polar surface area (TPSA) is 120 Å². The minimum Gasteiger partial charge on any atom is -0.494 e. The van der Waals surface area contributed by atoms with Gasteiger partial charge in [-0.1, -0.05) is 24.9 Å². The zero-order chi connectivity index (χ0) is 27.5. The molecule has 3 rings (SSSR count). The van der Waals surface area contributed by atoms with Crippen molar-refractivity contribution in [1.82, 2.24) is 0 Å². The van der Waals surface area contributed by atoms with Crippen LogP contribution < -0.4 is 19.5 Å². The number of halogens is 1. The average Bonchev–Trinajstić information content (AvgIpc) is 2.89. The van der Waals surface area contributed by atoms with Gasteiger partial charge in [-0.2, -0.15) is 0 Å². The number of anilines is 2. The Kier molecular flexibility index (Phi) is 10.4. The lowest BCUT2D eigenvalue weighted by Crippen LogP contribution is -2.20. The Hall–Kier alpha value is -3.76. The number of hydrogen-bond acceptors (Lipinski definition) is 7. The number of carbonyl (C=O) groups excluding carboxylic acids is 2. The maximum atomic E-state index is 12.7. The number of unbranched alkanes of at least 4 members (excludes halogenated alkanes) is 1. The van der Waals surface area contributed by atoms with Gasteiger partial charge in [0.15, 0.2) is 6.61 Å². The Bertz CT molecular complexity index is 1340. The van der Waals surface area contributed by atoms with Gasteiger partial charge in [0.05, 0.1) is 28.7 Å². The molecule has 0 bridgehead atoms. The number of esters is 1. The molecule has 2 N–H and O–H groups in total. The van der Waals surface area contributed by atoms with E-state index in [1.165, 1.54) is 18.2 Å². The summed E-state index contributed by atoms with van der Waals surface area (Å²) in [7, 11) is -3.91. The van der Waals surface area contributed by atoms with Gasteiger partial charge in [0, 0.05) is 11.4 Å². The van der Waals surface area contributed by atoms with E-state index in [1.807, 2.05) is 13.8 Å². The van der Waals surface area contributed by atoms with Gasteiger partial charge in [-0.15, -0.1) is 0 Å². The molecule has 3 aromatic rings. The van der Waals surface area contributed by atoms with E-state index in [-0.39, 0.29) is 22.3 Å². The highest BCUT2D eigenvalue weighted by molar-refractivity contribution is 7.92. The molecule has 9 nitrogen and oxygen atoms in total. The van der Waals surface area contributed by atoms with Gasteiger partial charge in [0.2, 0.25) is 0 Å². The quantitative estimate of drug-likeness (QED) is 0.209. The summed E-state index contributed by atoms with van der Waals surface area (Å²) in [5, 5.41) is 2.68. The summed E-state index contributed by atoms with van der Waals surface area (Å²) in [6, 6.07) is 16.7. The number of hydrogen-bond donors (Lipinski definition) is 2. The second-order valence-corrected chi connectivity index (χ2v) is 10.1. The zero-order valence-electron chi connectivity index (χ0n) is 21.0. The standard InChI is InChI=1S/C27H29ClN2O7S/c1-3-5-16-36-27(32)19-6-8-20(9-7-19)29-26(31)18-37-25-15-14-23(17-24(25)28)38(33,34)30-21-10-12-22(13-11-21)35-4-2/h6-15,17,30H,3-5,16,18H2,1-2H3,(H,29,31). The summed E-state index contributed by atoms with van der Waals surface area (Å²) in [6.45, 7) is 4.36. The Morgan fingerprint density at radius 2 is 1.58 bits per heavy atom. The summed E-state index contributed by atoms with van der Waals surface area (Å²) in [4.78, 5) is 24.2. The van der Waals surface area contributed by atoms with Crippen molar-refractivity contribution in [2.24, 2.45) is 0 Å². The summed E-state index contributed by atoms with van der Waals surface area (Å²) in [5.41, 5.74) is 1.22. The molecule has 11 heteroatoms. The Morgan fingerprint density at radius 3 is 2.21 bits per heavy atom. The third-order valence-corrected chi connectivity index (χ3v) is 6.80. The van der Waals surface area contributed by atoms with Gasteiger partial charge in [-0.05, 0) is 80.1 Å². The van der Waals surface area contributed by atoms with Gasteiger partial charge >= 0.3 is 5.97 Å². The van der Waals surface area contributed by atoms with E-state index >= 15 is 0 Å². The smallest absolute Gasteiger partial charge is 0.338 e. The largest absolute Gasteiger partial charge is 0.494 e. The fourth-order valence-corrected chi connectivity index (χ4v) is 4.57. The van der Waals surface area contributed by atoms with Crippen LogP contribution in [0.5, 0.6) is 11.5 Å². The van der Waals surface area contributed by atoms with Crippen LogP contribution in [0.3, 0.4) is 0 Å². The molecule has 38 heavy (non-hydrogen) atoms. The third kappa shape index (κ3) is 8.39. The molecular formula is C27H29ClN2O7S. The summed E-state index contributed by atoms with van der Waals surface area (Å²) >= 11 is 6.22. The summed E-state index contributed by atoms with van der Waals surface area (Å²) in [5.74, 6) is -0.113. The molecule has 0 heterocycles. The van der Waals surface area contributed by atoms with Crippen molar-refractivity contribution in [1.29, 1.82) is 0 Å². The molecule has 0 radical (unpaired) electrons. The highest BCUT2D eigenvalue weighted by Gasteiger charge is 2.17. The Morgan fingerprint density at radius 1 is 0.895 bits per heavy atom. The van der Waals surface area contributed by atoms with E-state index in [9.17, 15) is 18.0 Å². The average molecular weight is 561 g/mol. The monoisotopic (exact) mass is 560 g/mol. The first-order valence-corrected chi connectivity index (χ1v) is 13.8. The molecule has 0 aliphatic carbocycles. The second kappa shape index (κ2) is 13.7. The molecule has 0 aliphatic rings. The van der Waals surface area contributed by atoms with E-state index < -0.39 is 21.9 Å². The van der Waals surface area contributed by atoms with Gasteiger partial charge in [0.1, 0.15) is 11.5 Å². The maximum absolute atomic E-state index is 12.7. The molecule has 0 atom stereocenters. The van der Waals surface area contributed by atoms with Crippen molar-refractivity contribution in [3.63, 3.8) is 0 Å². The highest BCUT2D eigenvalue weighted by atomic mass is 35.5. The first-order chi connectivity index (χ1) is 18.2. The van der Waals surface area contributed by atoms with Crippen molar-refractivity contribution in [2.45, 2.75) is 31.6 Å². The number of rotatable bonds is 13. The number of amides is 1. The van der Waals surface area contributed by atoms with Crippen molar-refractivity contribution in [3.05, 3.63) is 77.3 Å².